The molecule has 0 bridgehead atoms. The number of halogens is 2. The van der Waals surface area contributed by atoms with Crippen LogP contribution in [0.3, 0.4) is 0 Å². The summed E-state index contributed by atoms with van der Waals surface area (Å²) in [5.41, 5.74) is 0.0140. The summed E-state index contributed by atoms with van der Waals surface area (Å²) in [6, 6.07) is 2.89. The van der Waals surface area contributed by atoms with Crippen LogP contribution in [0, 0.1) is 11.6 Å². The lowest BCUT2D eigenvalue weighted by Crippen LogP contribution is -2.37. The molecule has 0 N–H and O–H groups in total. The monoisotopic (exact) mass is 360 g/mol. The van der Waals surface area contributed by atoms with Gasteiger partial charge in [-0.3, -0.25) is 9.10 Å². The number of hydrogen-bond acceptors (Lipinski definition) is 3. The molecule has 1 fully saturated rings. The van der Waals surface area contributed by atoms with Gasteiger partial charge in [-0.15, -0.1) is 0 Å². The van der Waals surface area contributed by atoms with E-state index < -0.39 is 21.7 Å². The van der Waals surface area contributed by atoms with E-state index in [0.717, 1.165) is 48.4 Å². The van der Waals surface area contributed by atoms with E-state index in [-0.39, 0.29) is 24.6 Å². The quantitative estimate of drug-likeness (QED) is 0.811. The largest absolute Gasteiger partial charge is 0.343 e. The van der Waals surface area contributed by atoms with Gasteiger partial charge in [-0.1, -0.05) is 12.8 Å². The average Bonchev–Trinajstić information content (AvgIpc) is 2.78. The highest BCUT2D eigenvalue weighted by Crippen LogP contribution is 2.21. The zero-order valence-electron chi connectivity index (χ0n) is 13.7. The Morgan fingerprint density at radius 3 is 2.29 bits per heavy atom. The van der Waals surface area contributed by atoms with Crippen molar-refractivity contribution in [1.29, 1.82) is 0 Å². The molecule has 1 aliphatic rings. The van der Waals surface area contributed by atoms with E-state index in [2.05, 4.69) is 0 Å². The van der Waals surface area contributed by atoms with Crippen molar-refractivity contribution in [2.75, 3.05) is 30.2 Å². The van der Waals surface area contributed by atoms with Crippen LogP contribution < -0.4 is 4.31 Å². The summed E-state index contributed by atoms with van der Waals surface area (Å²) in [7, 11) is -3.71. The lowest BCUT2D eigenvalue weighted by atomic mass is 10.2. The Labute approximate surface area is 141 Å². The highest BCUT2D eigenvalue weighted by Gasteiger charge is 2.22. The van der Waals surface area contributed by atoms with Crippen LogP contribution in [-0.2, 0) is 14.8 Å². The lowest BCUT2D eigenvalue weighted by molar-refractivity contribution is -0.130. The van der Waals surface area contributed by atoms with Crippen molar-refractivity contribution in [3.63, 3.8) is 0 Å². The molecule has 8 heteroatoms. The third-order valence-electron chi connectivity index (χ3n) is 4.08. The van der Waals surface area contributed by atoms with E-state index in [4.69, 9.17) is 0 Å². The first-order chi connectivity index (χ1) is 11.3. The molecule has 5 nitrogen and oxygen atoms in total. The summed E-state index contributed by atoms with van der Waals surface area (Å²) < 4.78 is 51.3. The van der Waals surface area contributed by atoms with Gasteiger partial charge < -0.3 is 4.90 Å². The first-order valence-corrected chi connectivity index (χ1v) is 9.84. The molecule has 134 valence electrons. The van der Waals surface area contributed by atoms with Gasteiger partial charge in [-0.2, -0.15) is 0 Å². The smallest absolute Gasteiger partial charge is 0.232 e. The number of rotatable bonds is 5. The SMILES string of the molecule is CS(=O)(=O)N(CCC(=O)N1CCCCCC1)c1ccc(F)c(F)c1. The average molecular weight is 360 g/mol. The van der Waals surface area contributed by atoms with Gasteiger partial charge in [-0.25, -0.2) is 17.2 Å². The molecule has 1 amide bonds. The number of amides is 1. The molecule has 1 aromatic rings. The number of sulfonamides is 1. The molecule has 0 radical (unpaired) electrons. The third-order valence-corrected chi connectivity index (χ3v) is 5.27. The fourth-order valence-corrected chi connectivity index (χ4v) is 3.72. The Kier molecular flexibility index (Phi) is 6.15. The van der Waals surface area contributed by atoms with Crippen LogP contribution in [0.25, 0.3) is 0 Å². The molecule has 0 saturated carbocycles. The topological polar surface area (TPSA) is 57.7 Å². The lowest BCUT2D eigenvalue weighted by Gasteiger charge is -2.25. The van der Waals surface area contributed by atoms with E-state index in [0.29, 0.717) is 13.1 Å². The second-order valence-electron chi connectivity index (χ2n) is 5.98. The Morgan fingerprint density at radius 1 is 1.12 bits per heavy atom. The van der Waals surface area contributed by atoms with Crippen LogP contribution in [0.5, 0.6) is 0 Å². The van der Waals surface area contributed by atoms with Crippen molar-refractivity contribution in [2.45, 2.75) is 32.1 Å². The number of hydrogen-bond donors (Lipinski definition) is 0. The van der Waals surface area contributed by atoms with Crippen molar-refractivity contribution in [3.8, 4) is 0 Å². The van der Waals surface area contributed by atoms with Crippen LogP contribution in [0.15, 0.2) is 18.2 Å². The minimum atomic E-state index is -3.71. The standard InChI is InChI=1S/C16H22F2N2O3S/c1-24(22,23)20(13-6-7-14(17)15(18)12-13)11-8-16(21)19-9-4-2-3-5-10-19/h6-7,12H,2-5,8-11H2,1H3. The van der Waals surface area contributed by atoms with E-state index in [9.17, 15) is 22.0 Å². The van der Waals surface area contributed by atoms with Crippen LogP contribution in [0.2, 0.25) is 0 Å². The maximum atomic E-state index is 13.4. The van der Waals surface area contributed by atoms with Gasteiger partial charge in [0.2, 0.25) is 15.9 Å². The minimum absolute atomic E-state index is 0.00602. The Balaban J connectivity index is 2.09. The number of nitrogens with zero attached hydrogens (tertiary/aromatic N) is 2. The van der Waals surface area contributed by atoms with Gasteiger partial charge in [0.1, 0.15) is 0 Å². The fourth-order valence-electron chi connectivity index (χ4n) is 2.80. The fraction of sp³-hybridized carbons (Fsp3) is 0.562. The molecule has 0 atom stereocenters. The normalized spacial score (nSPS) is 15.9. The Bertz CT molecular complexity index is 687. The molecular weight excluding hydrogens is 338 g/mol. The molecule has 1 aliphatic heterocycles. The second-order valence-corrected chi connectivity index (χ2v) is 7.89. The van der Waals surface area contributed by atoms with Gasteiger partial charge in [0.15, 0.2) is 11.6 Å². The predicted octanol–water partition coefficient (Wildman–Crippen LogP) is 2.52. The van der Waals surface area contributed by atoms with Crippen LogP contribution in [0.1, 0.15) is 32.1 Å². The maximum Gasteiger partial charge on any atom is 0.232 e. The van der Waals surface area contributed by atoms with Crippen molar-refractivity contribution in [3.05, 3.63) is 29.8 Å². The molecule has 0 spiro atoms. The first kappa shape index (κ1) is 18.6. The molecule has 2 rings (SSSR count). The minimum Gasteiger partial charge on any atom is -0.343 e. The van der Waals surface area contributed by atoms with Crippen molar-refractivity contribution in [2.24, 2.45) is 0 Å². The molecule has 1 heterocycles. The van der Waals surface area contributed by atoms with Crippen molar-refractivity contribution < 1.29 is 22.0 Å². The third kappa shape index (κ3) is 4.90. The van der Waals surface area contributed by atoms with Gasteiger partial charge in [0, 0.05) is 32.1 Å². The zero-order chi connectivity index (χ0) is 17.7. The summed E-state index contributed by atoms with van der Waals surface area (Å²) >= 11 is 0. The summed E-state index contributed by atoms with van der Waals surface area (Å²) in [6.45, 7) is 1.27. The number of likely N-dealkylation sites (tertiary alicyclic amines) is 1. The highest BCUT2D eigenvalue weighted by molar-refractivity contribution is 7.92. The second kappa shape index (κ2) is 7.92. The Hall–Kier alpha value is -1.70. The van der Waals surface area contributed by atoms with E-state index in [1.165, 1.54) is 6.07 Å². The zero-order valence-corrected chi connectivity index (χ0v) is 14.5. The maximum absolute atomic E-state index is 13.4. The number of anilines is 1. The van der Waals surface area contributed by atoms with Crippen molar-refractivity contribution >= 4 is 21.6 Å². The molecule has 1 saturated heterocycles. The molecule has 0 aromatic heterocycles. The molecule has 1 aromatic carbocycles. The van der Waals surface area contributed by atoms with E-state index in [1.807, 2.05) is 0 Å². The highest BCUT2D eigenvalue weighted by atomic mass is 32.2. The summed E-state index contributed by atoms with van der Waals surface area (Å²) in [6.07, 6.45) is 5.06. The van der Waals surface area contributed by atoms with Crippen molar-refractivity contribution in [1.82, 2.24) is 4.90 Å². The molecule has 0 unspecified atom stereocenters. The van der Waals surface area contributed by atoms with E-state index in [1.54, 1.807) is 4.90 Å². The van der Waals surface area contributed by atoms with E-state index >= 15 is 0 Å². The Morgan fingerprint density at radius 2 is 1.75 bits per heavy atom. The van der Waals surface area contributed by atoms with Crippen LogP contribution in [-0.4, -0.2) is 45.1 Å². The summed E-state index contributed by atoms with van der Waals surface area (Å²) in [5, 5.41) is 0. The number of carbonyl (C=O) groups excluding carboxylic acids is 1. The number of benzene rings is 1. The summed E-state index contributed by atoms with van der Waals surface area (Å²) in [4.78, 5) is 14.1. The van der Waals surface area contributed by atoms with Crippen LogP contribution >= 0.6 is 0 Å². The molecular formula is C16H22F2N2O3S. The predicted molar refractivity (Wildman–Crippen MR) is 88.2 cm³/mol. The van der Waals surface area contributed by atoms with Crippen LogP contribution in [0.4, 0.5) is 14.5 Å². The summed E-state index contributed by atoms with van der Waals surface area (Å²) in [5.74, 6) is -2.29. The van der Waals surface area contributed by atoms with Gasteiger partial charge in [0.05, 0.1) is 11.9 Å². The van der Waals surface area contributed by atoms with Gasteiger partial charge in [-0.05, 0) is 25.0 Å². The molecule has 0 aliphatic carbocycles. The van der Waals surface area contributed by atoms with Gasteiger partial charge in [0.25, 0.3) is 0 Å². The molecule has 24 heavy (non-hydrogen) atoms. The number of carbonyl (C=O) groups is 1. The van der Waals surface area contributed by atoms with Gasteiger partial charge >= 0.3 is 0 Å². The first-order valence-electron chi connectivity index (χ1n) is 7.99.